The van der Waals surface area contributed by atoms with Crippen LogP contribution in [0.1, 0.15) is 29.1 Å². The quantitative estimate of drug-likeness (QED) is 0.757. The number of rotatable bonds is 3. The van der Waals surface area contributed by atoms with Gasteiger partial charge in [-0.2, -0.15) is 5.10 Å². The molecule has 0 fully saturated rings. The van der Waals surface area contributed by atoms with Crippen LogP contribution in [-0.4, -0.2) is 21.1 Å². The van der Waals surface area contributed by atoms with E-state index in [-0.39, 0.29) is 27.7 Å². The summed E-state index contributed by atoms with van der Waals surface area (Å²) in [6, 6.07) is 2.61. The molecule has 1 aromatic heterocycles. The van der Waals surface area contributed by atoms with E-state index in [1.54, 1.807) is 6.92 Å². The number of amides is 1. The maximum absolute atomic E-state index is 12.0. The van der Waals surface area contributed by atoms with E-state index in [0.29, 0.717) is 11.4 Å². The first-order chi connectivity index (χ1) is 8.99. The number of nitrogens with one attached hydrogen (secondary N) is 2. The Morgan fingerprint density at radius 1 is 1.42 bits per heavy atom. The fourth-order valence-corrected chi connectivity index (χ4v) is 1.97. The first-order valence-electron chi connectivity index (χ1n) is 5.39. The normalized spacial score (nSPS) is 12.2. The van der Waals surface area contributed by atoms with E-state index >= 15 is 0 Å². The van der Waals surface area contributed by atoms with Crippen LogP contribution >= 0.6 is 23.2 Å². The SMILES string of the molecule is CC(NC(=O)c1cc(Cl)c(N)c(Cl)c1)c1ncn[nH]1. The molecule has 0 spiro atoms. The van der Waals surface area contributed by atoms with Crippen molar-refractivity contribution >= 4 is 34.8 Å². The summed E-state index contributed by atoms with van der Waals surface area (Å²) < 4.78 is 0. The second kappa shape index (κ2) is 5.46. The molecule has 0 aliphatic carbocycles. The van der Waals surface area contributed by atoms with Gasteiger partial charge in [0.25, 0.3) is 5.91 Å². The molecule has 0 saturated carbocycles. The number of nitrogens with two attached hydrogens (primary N) is 1. The van der Waals surface area contributed by atoms with Gasteiger partial charge in [-0.3, -0.25) is 9.89 Å². The molecule has 0 radical (unpaired) electrons. The number of halogens is 2. The molecule has 100 valence electrons. The van der Waals surface area contributed by atoms with Crippen LogP contribution in [-0.2, 0) is 0 Å². The van der Waals surface area contributed by atoms with E-state index in [0.717, 1.165) is 0 Å². The van der Waals surface area contributed by atoms with Gasteiger partial charge in [-0.15, -0.1) is 0 Å². The Hall–Kier alpha value is -1.79. The number of carbonyl (C=O) groups excluding carboxylic acids is 1. The van der Waals surface area contributed by atoms with Gasteiger partial charge in [-0.05, 0) is 19.1 Å². The third-order valence-corrected chi connectivity index (χ3v) is 3.16. The first kappa shape index (κ1) is 13.6. The average molecular weight is 300 g/mol. The highest BCUT2D eigenvalue weighted by Gasteiger charge is 2.15. The summed E-state index contributed by atoms with van der Waals surface area (Å²) >= 11 is 11.8. The minimum Gasteiger partial charge on any atom is -0.396 e. The largest absolute Gasteiger partial charge is 0.396 e. The van der Waals surface area contributed by atoms with Crippen molar-refractivity contribution in [3.8, 4) is 0 Å². The summed E-state index contributed by atoms with van der Waals surface area (Å²) in [5.41, 5.74) is 6.19. The Morgan fingerprint density at radius 3 is 2.58 bits per heavy atom. The van der Waals surface area contributed by atoms with Gasteiger partial charge in [0.2, 0.25) is 0 Å². The van der Waals surface area contributed by atoms with Crippen LogP contribution in [0.3, 0.4) is 0 Å². The van der Waals surface area contributed by atoms with Crippen LogP contribution in [0, 0.1) is 0 Å². The summed E-state index contributed by atoms with van der Waals surface area (Å²) in [4.78, 5) is 16.0. The smallest absolute Gasteiger partial charge is 0.251 e. The van der Waals surface area contributed by atoms with Gasteiger partial charge in [0.1, 0.15) is 12.2 Å². The van der Waals surface area contributed by atoms with Crippen LogP contribution in [0.4, 0.5) is 5.69 Å². The molecule has 0 aliphatic rings. The molecule has 2 aromatic rings. The standard InChI is InChI=1S/C11H11Cl2N5O/c1-5(10-15-4-16-18-10)17-11(19)6-2-7(12)9(14)8(13)3-6/h2-5H,14H2,1H3,(H,17,19)(H,15,16,18). The number of benzene rings is 1. The zero-order valence-electron chi connectivity index (χ0n) is 9.95. The third-order valence-electron chi connectivity index (χ3n) is 2.53. The van der Waals surface area contributed by atoms with Gasteiger partial charge in [0.15, 0.2) is 0 Å². The lowest BCUT2D eigenvalue weighted by atomic mass is 10.1. The molecule has 1 atom stereocenters. The van der Waals surface area contributed by atoms with Crippen molar-refractivity contribution in [2.75, 3.05) is 5.73 Å². The highest BCUT2D eigenvalue weighted by Crippen LogP contribution is 2.28. The zero-order valence-corrected chi connectivity index (χ0v) is 11.5. The fourth-order valence-electron chi connectivity index (χ4n) is 1.49. The molecule has 4 N–H and O–H groups in total. The molecule has 1 unspecified atom stereocenters. The predicted molar refractivity (Wildman–Crippen MR) is 73.1 cm³/mol. The van der Waals surface area contributed by atoms with Gasteiger partial charge < -0.3 is 11.1 Å². The Morgan fingerprint density at radius 2 is 2.05 bits per heavy atom. The van der Waals surface area contributed by atoms with Crippen molar-refractivity contribution in [2.45, 2.75) is 13.0 Å². The number of H-pyrrole nitrogens is 1. The molecular weight excluding hydrogens is 289 g/mol. The topological polar surface area (TPSA) is 96.7 Å². The molecule has 1 aromatic carbocycles. The van der Waals surface area contributed by atoms with Crippen molar-refractivity contribution < 1.29 is 4.79 Å². The van der Waals surface area contributed by atoms with Gasteiger partial charge >= 0.3 is 0 Å². The Bertz CT molecular complexity index is 576. The second-order valence-electron chi connectivity index (χ2n) is 3.92. The average Bonchev–Trinajstić information content (AvgIpc) is 2.89. The Balaban J connectivity index is 2.16. The number of anilines is 1. The summed E-state index contributed by atoms with van der Waals surface area (Å²) in [6.07, 6.45) is 1.37. The lowest BCUT2D eigenvalue weighted by Gasteiger charge is -2.12. The van der Waals surface area contributed by atoms with Crippen LogP contribution in [0.2, 0.25) is 10.0 Å². The highest BCUT2D eigenvalue weighted by molar-refractivity contribution is 6.39. The summed E-state index contributed by atoms with van der Waals surface area (Å²) in [5.74, 6) is 0.230. The van der Waals surface area contributed by atoms with E-state index in [9.17, 15) is 4.79 Å². The number of nitrogen functional groups attached to an aromatic ring is 1. The monoisotopic (exact) mass is 299 g/mol. The molecule has 8 heteroatoms. The molecule has 0 aliphatic heterocycles. The Kier molecular flexibility index (Phi) is 3.92. The van der Waals surface area contributed by atoms with Crippen molar-refractivity contribution in [1.82, 2.24) is 20.5 Å². The molecular formula is C11H11Cl2N5O. The minimum absolute atomic E-state index is 0.241. The molecule has 2 rings (SSSR count). The molecule has 6 nitrogen and oxygen atoms in total. The first-order valence-corrected chi connectivity index (χ1v) is 6.15. The van der Waals surface area contributed by atoms with Gasteiger partial charge in [0.05, 0.1) is 21.8 Å². The fraction of sp³-hybridized carbons (Fsp3) is 0.182. The minimum atomic E-state index is -0.326. The molecule has 1 amide bonds. The van der Waals surface area contributed by atoms with Gasteiger partial charge in [0, 0.05) is 5.56 Å². The predicted octanol–water partition coefficient (Wildman–Crippen LogP) is 2.18. The Labute approximate surface area is 119 Å². The van der Waals surface area contributed by atoms with Crippen molar-refractivity contribution in [3.05, 3.63) is 39.9 Å². The second-order valence-corrected chi connectivity index (χ2v) is 4.73. The number of hydrogen-bond donors (Lipinski definition) is 3. The van der Waals surface area contributed by atoms with E-state index in [1.165, 1.54) is 18.5 Å². The lowest BCUT2D eigenvalue weighted by molar-refractivity contribution is 0.0938. The van der Waals surface area contributed by atoms with Crippen LogP contribution in [0.15, 0.2) is 18.5 Å². The number of aromatic nitrogens is 3. The summed E-state index contributed by atoms with van der Waals surface area (Å²) in [7, 11) is 0. The maximum Gasteiger partial charge on any atom is 0.251 e. The lowest BCUT2D eigenvalue weighted by Crippen LogP contribution is -2.27. The summed E-state index contributed by atoms with van der Waals surface area (Å²) in [6.45, 7) is 1.78. The molecule has 0 bridgehead atoms. The van der Waals surface area contributed by atoms with Crippen molar-refractivity contribution in [3.63, 3.8) is 0 Å². The zero-order chi connectivity index (χ0) is 14.0. The molecule has 19 heavy (non-hydrogen) atoms. The van der Waals surface area contributed by atoms with Crippen LogP contribution in [0.5, 0.6) is 0 Å². The van der Waals surface area contributed by atoms with E-state index < -0.39 is 0 Å². The van der Waals surface area contributed by atoms with Gasteiger partial charge in [-0.1, -0.05) is 23.2 Å². The van der Waals surface area contributed by atoms with E-state index in [4.69, 9.17) is 28.9 Å². The third kappa shape index (κ3) is 2.97. The maximum atomic E-state index is 12.0. The van der Waals surface area contributed by atoms with Gasteiger partial charge in [-0.25, -0.2) is 4.98 Å². The highest BCUT2D eigenvalue weighted by atomic mass is 35.5. The van der Waals surface area contributed by atoms with Crippen molar-refractivity contribution in [1.29, 1.82) is 0 Å². The van der Waals surface area contributed by atoms with Crippen LogP contribution < -0.4 is 11.1 Å². The number of carbonyl (C=O) groups is 1. The number of aromatic amines is 1. The van der Waals surface area contributed by atoms with Crippen molar-refractivity contribution in [2.24, 2.45) is 0 Å². The molecule has 1 heterocycles. The van der Waals surface area contributed by atoms with E-state index in [1.807, 2.05) is 0 Å². The van der Waals surface area contributed by atoms with E-state index in [2.05, 4.69) is 20.5 Å². The summed E-state index contributed by atoms with van der Waals surface area (Å²) in [5, 5.41) is 9.62. The number of hydrogen-bond acceptors (Lipinski definition) is 4. The molecule has 0 saturated heterocycles. The number of nitrogens with zero attached hydrogens (tertiary/aromatic N) is 2. The van der Waals surface area contributed by atoms with Crippen LogP contribution in [0.25, 0.3) is 0 Å².